The summed E-state index contributed by atoms with van der Waals surface area (Å²) < 4.78 is 45.9. The Balaban J connectivity index is 1.03. The highest BCUT2D eigenvalue weighted by molar-refractivity contribution is 7.90. The lowest BCUT2D eigenvalue weighted by atomic mass is 9.68. The Labute approximate surface area is 306 Å². The largest absolute Gasteiger partial charge is 0.370 e. The standard InChI is InChI=1S/C38H38Cl2N4O6S/c1-3-18-38(48-23-28-32(42-49-33(28)24-12-13-24)31-29(39)10-7-11-30(31)40)21-19-37(2,20-22-38)36-41-34(43-50-36)25-14-16-26(17-15-25)35(45)44-51(46,47)27-8-5-4-6-9-27/h4-11,14-17,24H,3,12-13,18-23H2,1-2H3,(H,44,45). The number of nitrogens with zero attached hydrogens (tertiary/aromatic N) is 3. The zero-order valence-electron chi connectivity index (χ0n) is 28.3. The van der Waals surface area contributed by atoms with Crippen molar-refractivity contribution in [2.45, 2.75) is 93.7 Å². The van der Waals surface area contributed by atoms with E-state index in [0.29, 0.717) is 51.1 Å². The van der Waals surface area contributed by atoms with Gasteiger partial charge in [-0.3, -0.25) is 4.79 Å². The lowest BCUT2D eigenvalue weighted by Crippen LogP contribution is -2.42. The van der Waals surface area contributed by atoms with Gasteiger partial charge in [-0.15, -0.1) is 0 Å². The maximum Gasteiger partial charge on any atom is 0.264 e. The van der Waals surface area contributed by atoms with Gasteiger partial charge in [-0.1, -0.05) is 90.2 Å². The van der Waals surface area contributed by atoms with Crippen molar-refractivity contribution >= 4 is 39.1 Å². The molecule has 2 aliphatic carbocycles. The van der Waals surface area contributed by atoms with Crippen molar-refractivity contribution in [3.8, 4) is 22.6 Å². The highest BCUT2D eigenvalue weighted by Crippen LogP contribution is 2.49. The van der Waals surface area contributed by atoms with E-state index in [1.807, 2.05) is 6.07 Å². The Morgan fingerprint density at radius 3 is 2.25 bits per heavy atom. The van der Waals surface area contributed by atoms with E-state index in [1.165, 1.54) is 24.3 Å². The van der Waals surface area contributed by atoms with Crippen LogP contribution in [-0.4, -0.2) is 35.2 Å². The van der Waals surface area contributed by atoms with Crippen LogP contribution >= 0.6 is 23.2 Å². The summed E-state index contributed by atoms with van der Waals surface area (Å²) in [7, 11) is -4.00. The zero-order valence-corrected chi connectivity index (χ0v) is 30.7. The summed E-state index contributed by atoms with van der Waals surface area (Å²) in [5.41, 5.74) is 2.35. The molecule has 2 aromatic heterocycles. The molecule has 0 unspecified atom stereocenters. The van der Waals surface area contributed by atoms with Gasteiger partial charge in [0, 0.05) is 33.6 Å². The minimum absolute atomic E-state index is 0.00916. The number of nitrogens with one attached hydrogen (secondary N) is 1. The van der Waals surface area contributed by atoms with Crippen LogP contribution in [0.2, 0.25) is 10.0 Å². The van der Waals surface area contributed by atoms with Gasteiger partial charge in [0.05, 0.1) is 27.1 Å². The van der Waals surface area contributed by atoms with Gasteiger partial charge in [0.15, 0.2) is 0 Å². The highest BCUT2D eigenvalue weighted by atomic mass is 35.5. The summed E-state index contributed by atoms with van der Waals surface area (Å²) >= 11 is 13.2. The molecule has 2 heterocycles. The van der Waals surface area contributed by atoms with Crippen LogP contribution in [0.5, 0.6) is 0 Å². The van der Waals surface area contributed by atoms with Crippen molar-refractivity contribution in [1.82, 2.24) is 20.0 Å². The van der Waals surface area contributed by atoms with Crippen LogP contribution in [-0.2, 0) is 26.8 Å². The summed E-state index contributed by atoms with van der Waals surface area (Å²) in [6, 6.07) is 19.6. The molecule has 1 amide bonds. The third-order valence-electron chi connectivity index (χ3n) is 10.1. The molecule has 7 rings (SSSR count). The van der Waals surface area contributed by atoms with Gasteiger partial charge in [-0.05, 0) is 81.3 Å². The van der Waals surface area contributed by atoms with Crippen LogP contribution in [0.15, 0.2) is 86.7 Å². The number of hydrogen-bond acceptors (Lipinski definition) is 9. The molecule has 0 bridgehead atoms. The molecule has 2 saturated carbocycles. The molecule has 0 saturated heterocycles. The van der Waals surface area contributed by atoms with E-state index in [0.717, 1.165) is 62.7 Å². The number of rotatable bonds is 12. The van der Waals surface area contributed by atoms with Crippen molar-refractivity contribution < 1.29 is 27.0 Å². The molecule has 2 aliphatic rings. The topological polar surface area (TPSA) is 137 Å². The van der Waals surface area contributed by atoms with Gasteiger partial charge < -0.3 is 13.8 Å². The van der Waals surface area contributed by atoms with E-state index in [4.69, 9.17) is 42.0 Å². The first-order chi connectivity index (χ1) is 24.5. The van der Waals surface area contributed by atoms with Crippen molar-refractivity contribution in [1.29, 1.82) is 0 Å². The Bertz CT molecular complexity index is 2120. The van der Waals surface area contributed by atoms with E-state index < -0.39 is 15.9 Å². The smallest absolute Gasteiger partial charge is 0.264 e. The maximum absolute atomic E-state index is 12.7. The van der Waals surface area contributed by atoms with Crippen LogP contribution in [0.25, 0.3) is 22.6 Å². The Morgan fingerprint density at radius 1 is 0.922 bits per heavy atom. The summed E-state index contributed by atoms with van der Waals surface area (Å²) in [6.45, 7) is 4.66. The van der Waals surface area contributed by atoms with Gasteiger partial charge in [0.1, 0.15) is 11.5 Å². The Morgan fingerprint density at radius 2 is 1.61 bits per heavy atom. The monoisotopic (exact) mass is 748 g/mol. The summed E-state index contributed by atoms with van der Waals surface area (Å²) in [5, 5.41) is 9.73. The molecule has 5 aromatic rings. The summed E-state index contributed by atoms with van der Waals surface area (Å²) in [5.74, 6) is 1.39. The van der Waals surface area contributed by atoms with Crippen LogP contribution in [0.3, 0.4) is 0 Å². The lowest BCUT2D eigenvalue weighted by molar-refractivity contribution is -0.0981. The Kier molecular flexibility index (Phi) is 9.84. The van der Waals surface area contributed by atoms with Crippen molar-refractivity contribution in [2.24, 2.45) is 0 Å². The van der Waals surface area contributed by atoms with Crippen LogP contribution in [0.4, 0.5) is 0 Å². The SMILES string of the molecule is CCCC1(OCc2c(-c3c(Cl)cccc3Cl)noc2C2CC2)CCC(C)(c2nc(-c3ccc(C(=O)NS(=O)(=O)c4ccccc4)cc3)no2)CC1. The number of hydrogen-bond donors (Lipinski definition) is 1. The molecule has 266 valence electrons. The number of ether oxygens (including phenoxy) is 1. The molecule has 51 heavy (non-hydrogen) atoms. The first-order valence-electron chi connectivity index (χ1n) is 17.1. The predicted octanol–water partition coefficient (Wildman–Crippen LogP) is 9.28. The fourth-order valence-electron chi connectivity index (χ4n) is 6.86. The van der Waals surface area contributed by atoms with Gasteiger partial charge in [0.25, 0.3) is 15.9 Å². The quantitative estimate of drug-likeness (QED) is 0.132. The third kappa shape index (κ3) is 7.35. The van der Waals surface area contributed by atoms with Crippen LogP contribution in [0, 0.1) is 0 Å². The van der Waals surface area contributed by atoms with E-state index in [2.05, 4.69) is 28.9 Å². The number of halogens is 2. The number of amides is 1. The molecular weight excluding hydrogens is 711 g/mol. The van der Waals surface area contributed by atoms with Crippen molar-refractivity contribution in [3.63, 3.8) is 0 Å². The number of carbonyl (C=O) groups excluding carboxylic acids is 1. The number of benzene rings is 3. The second kappa shape index (κ2) is 14.2. The average Bonchev–Trinajstić information content (AvgIpc) is 3.68. The molecule has 13 heteroatoms. The van der Waals surface area contributed by atoms with E-state index in [9.17, 15) is 13.2 Å². The molecular formula is C38H38Cl2N4O6S. The summed E-state index contributed by atoms with van der Waals surface area (Å²) in [4.78, 5) is 17.5. The van der Waals surface area contributed by atoms with Gasteiger partial charge in [-0.25, -0.2) is 13.1 Å². The maximum atomic E-state index is 12.7. The summed E-state index contributed by atoms with van der Waals surface area (Å²) in [6.07, 6.45) is 7.15. The van der Waals surface area contributed by atoms with E-state index in [1.54, 1.807) is 42.5 Å². The molecule has 10 nitrogen and oxygen atoms in total. The zero-order chi connectivity index (χ0) is 35.8. The van der Waals surface area contributed by atoms with Gasteiger partial charge >= 0.3 is 0 Å². The minimum atomic E-state index is -4.00. The van der Waals surface area contributed by atoms with E-state index in [-0.39, 0.29) is 21.5 Å². The van der Waals surface area contributed by atoms with Crippen molar-refractivity contribution in [3.05, 3.63) is 106 Å². The normalized spacial score (nSPS) is 20.7. The highest BCUT2D eigenvalue weighted by Gasteiger charge is 2.45. The molecule has 2 fully saturated rings. The van der Waals surface area contributed by atoms with Crippen LogP contribution < -0.4 is 4.72 Å². The first kappa shape index (κ1) is 35.4. The first-order valence-corrected chi connectivity index (χ1v) is 19.4. The number of aromatic nitrogens is 3. The number of carbonyl (C=O) groups is 1. The molecule has 0 radical (unpaired) electrons. The third-order valence-corrected chi connectivity index (χ3v) is 12.1. The Hall–Kier alpha value is -4.03. The predicted molar refractivity (Wildman–Crippen MR) is 193 cm³/mol. The number of sulfonamides is 1. The molecule has 1 N–H and O–H groups in total. The second-order valence-electron chi connectivity index (χ2n) is 13.8. The molecule has 0 aliphatic heterocycles. The average molecular weight is 750 g/mol. The van der Waals surface area contributed by atoms with Crippen LogP contribution in [0.1, 0.15) is 98.7 Å². The second-order valence-corrected chi connectivity index (χ2v) is 16.3. The minimum Gasteiger partial charge on any atom is -0.370 e. The molecule has 0 spiro atoms. The van der Waals surface area contributed by atoms with Crippen molar-refractivity contribution in [2.75, 3.05) is 0 Å². The molecule has 3 aromatic carbocycles. The lowest BCUT2D eigenvalue weighted by Gasteiger charge is -2.43. The fraction of sp³-hybridized carbons (Fsp3) is 0.368. The van der Waals surface area contributed by atoms with Gasteiger partial charge in [0.2, 0.25) is 11.7 Å². The van der Waals surface area contributed by atoms with E-state index >= 15 is 0 Å². The fourth-order valence-corrected chi connectivity index (χ4v) is 8.43. The van der Waals surface area contributed by atoms with Gasteiger partial charge in [-0.2, -0.15) is 4.98 Å². The molecule has 0 atom stereocenters.